The molecule has 0 aliphatic carbocycles. The summed E-state index contributed by atoms with van der Waals surface area (Å²) >= 11 is 0. The van der Waals surface area contributed by atoms with E-state index in [1.807, 2.05) is 0 Å². The Hall–Kier alpha value is -1.61. The molecule has 1 N–H and O–H groups in total. The van der Waals surface area contributed by atoms with Crippen molar-refractivity contribution in [3.63, 3.8) is 0 Å². The Labute approximate surface area is 131 Å². The van der Waals surface area contributed by atoms with Gasteiger partial charge in [0.25, 0.3) is 0 Å². The predicted molar refractivity (Wildman–Crippen MR) is 74.8 cm³/mol. The topological polar surface area (TPSA) is 66.5 Å². The van der Waals surface area contributed by atoms with E-state index in [1.54, 1.807) is 0 Å². The summed E-state index contributed by atoms with van der Waals surface area (Å²) in [6.45, 7) is 0.558. The maximum Gasteiger partial charge on any atom is 0.417 e. The lowest BCUT2D eigenvalue weighted by Crippen LogP contribution is -2.40. The minimum Gasteiger partial charge on any atom is -0.356 e. The lowest BCUT2D eigenvalue weighted by atomic mass is 9.89. The number of nitrogens with one attached hydrogen (secondary N) is 1. The molecule has 126 valence electrons. The molecular formula is C14H15F3N2O3S. The Morgan fingerprint density at radius 2 is 1.78 bits per heavy atom. The Kier molecular flexibility index (Phi) is 3.88. The molecule has 2 saturated heterocycles. The first-order chi connectivity index (χ1) is 10.7. The molecule has 1 aromatic rings. The maximum atomic E-state index is 13.1. The van der Waals surface area contributed by atoms with Crippen molar-refractivity contribution in [2.24, 2.45) is 11.8 Å². The van der Waals surface area contributed by atoms with Gasteiger partial charge in [-0.05, 0) is 24.0 Å². The lowest BCUT2D eigenvalue weighted by molar-refractivity contribution is -0.140. The molecule has 1 amide bonds. The average molecular weight is 348 g/mol. The van der Waals surface area contributed by atoms with Crippen molar-refractivity contribution < 1.29 is 26.4 Å². The number of carbonyl (C=O) groups is 1. The number of hydrogen-bond donors (Lipinski definition) is 1. The van der Waals surface area contributed by atoms with E-state index in [1.165, 1.54) is 6.07 Å². The molecule has 0 bridgehead atoms. The SMILES string of the molecule is O=C1C[C@@H]2CN(S(=O)(=O)c3ccccc3C(F)(F)F)C[C@@H]2CN1. The van der Waals surface area contributed by atoms with E-state index in [-0.39, 0.29) is 37.3 Å². The van der Waals surface area contributed by atoms with Crippen LogP contribution in [0.25, 0.3) is 0 Å². The van der Waals surface area contributed by atoms with Gasteiger partial charge < -0.3 is 5.32 Å². The molecule has 3 rings (SSSR count). The third-order valence-electron chi connectivity index (χ3n) is 4.36. The van der Waals surface area contributed by atoms with Crippen LogP contribution in [0.15, 0.2) is 29.2 Å². The fourth-order valence-corrected chi connectivity index (χ4v) is 4.94. The number of piperidine rings is 1. The van der Waals surface area contributed by atoms with Crippen LogP contribution in [0.4, 0.5) is 13.2 Å². The van der Waals surface area contributed by atoms with Gasteiger partial charge in [0.1, 0.15) is 0 Å². The summed E-state index contributed by atoms with van der Waals surface area (Å²) in [7, 11) is -4.25. The first kappa shape index (κ1) is 16.3. The summed E-state index contributed by atoms with van der Waals surface area (Å²) in [5, 5.41) is 2.66. The van der Waals surface area contributed by atoms with Crippen LogP contribution in [0.3, 0.4) is 0 Å². The molecule has 2 aliphatic rings. The summed E-state index contributed by atoms with van der Waals surface area (Å²) < 4.78 is 65.6. The van der Waals surface area contributed by atoms with Gasteiger partial charge in [-0.1, -0.05) is 12.1 Å². The van der Waals surface area contributed by atoms with Crippen LogP contribution < -0.4 is 5.32 Å². The summed E-state index contributed by atoms with van der Waals surface area (Å²) in [5.74, 6) is -0.349. The average Bonchev–Trinajstić information content (AvgIpc) is 2.90. The molecule has 9 heteroatoms. The monoisotopic (exact) mass is 348 g/mol. The van der Waals surface area contributed by atoms with Gasteiger partial charge in [0, 0.05) is 26.1 Å². The number of amides is 1. The number of sulfonamides is 1. The first-order valence-corrected chi connectivity index (χ1v) is 8.56. The molecular weight excluding hydrogens is 333 g/mol. The summed E-state index contributed by atoms with van der Waals surface area (Å²) in [6, 6.07) is 4.18. The Balaban J connectivity index is 1.93. The van der Waals surface area contributed by atoms with Gasteiger partial charge in [-0.25, -0.2) is 8.42 Å². The first-order valence-electron chi connectivity index (χ1n) is 7.12. The van der Waals surface area contributed by atoms with Crippen molar-refractivity contribution in [1.82, 2.24) is 9.62 Å². The minimum absolute atomic E-state index is 0.0551. The molecule has 2 heterocycles. The van der Waals surface area contributed by atoms with E-state index >= 15 is 0 Å². The number of hydrogen-bond acceptors (Lipinski definition) is 3. The molecule has 0 spiro atoms. The zero-order valence-electron chi connectivity index (χ0n) is 12.0. The normalized spacial score (nSPS) is 26.0. The van der Waals surface area contributed by atoms with Gasteiger partial charge in [0.2, 0.25) is 15.9 Å². The molecule has 2 fully saturated rings. The van der Waals surface area contributed by atoms with Crippen LogP contribution in [0.5, 0.6) is 0 Å². The van der Waals surface area contributed by atoms with E-state index in [4.69, 9.17) is 0 Å². The Bertz CT molecular complexity index is 733. The van der Waals surface area contributed by atoms with Gasteiger partial charge in [-0.15, -0.1) is 0 Å². The quantitative estimate of drug-likeness (QED) is 0.880. The second-order valence-corrected chi connectivity index (χ2v) is 7.75. The van der Waals surface area contributed by atoms with Crippen molar-refractivity contribution in [3.05, 3.63) is 29.8 Å². The molecule has 5 nitrogen and oxygen atoms in total. The number of benzene rings is 1. The highest BCUT2D eigenvalue weighted by Gasteiger charge is 2.45. The molecule has 0 aromatic heterocycles. The van der Waals surface area contributed by atoms with Crippen LogP contribution in [0.1, 0.15) is 12.0 Å². The van der Waals surface area contributed by atoms with Crippen molar-refractivity contribution >= 4 is 15.9 Å². The van der Waals surface area contributed by atoms with E-state index < -0.39 is 26.7 Å². The second-order valence-electron chi connectivity index (χ2n) is 5.84. The molecule has 2 atom stereocenters. The highest BCUT2D eigenvalue weighted by atomic mass is 32.2. The fraction of sp³-hybridized carbons (Fsp3) is 0.500. The zero-order valence-corrected chi connectivity index (χ0v) is 12.8. The third kappa shape index (κ3) is 2.94. The zero-order chi connectivity index (χ0) is 16.8. The van der Waals surface area contributed by atoms with E-state index in [2.05, 4.69) is 5.32 Å². The number of carbonyl (C=O) groups excluding carboxylic acids is 1. The maximum absolute atomic E-state index is 13.1. The van der Waals surface area contributed by atoms with Gasteiger partial charge in [-0.2, -0.15) is 17.5 Å². The highest BCUT2D eigenvalue weighted by molar-refractivity contribution is 7.89. The number of fused-ring (bicyclic) bond motifs is 1. The Morgan fingerprint density at radius 1 is 1.13 bits per heavy atom. The van der Waals surface area contributed by atoms with E-state index in [0.29, 0.717) is 6.54 Å². The van der Waals surface area contributed by atoms with Gasteiger partial charge in [0.15, 0.2) is 0 Å². The largest absolute Gasteiger partial charge is 0.417 e. The molecule has 2 aliphatic heterocycles. The smallest absolute Gasteiger partial charge is 0.356 e. The third-order valence-corrected chi connectivity index (χ3v) is 6.25. The van der Waals surface area contributed by atoms with Crippen LogP contribution >= 0.6 is 0 Å². The van der Waals surface area contributed by atoms with E-state index in [9.17, 15) is 26.4 Å². The summed E-state index contributed by atoms with van der Waals surface area (Å²) in [4.78, 5) is 10.7. The van der Waals surface area contributed by atoms with Gasteiger partial charge in [0.05, 0.1) is 10.5 Å². The van der Waals surface area contributed by atoms with Crippen LogP contribution in [-0.2, 0) is 21.0 Å². The van der Waals surface area contributed by atoms with Crippen molar-refractivity contribution in [1.29, 1.82) is 0 Å². The van der Waals surface area contributed by atoms with E-state index in [0.717, 1.165) is 22.5 Å². The van der Waals surface area contributed by atoms with Crippen LogP contribution in [-0.4, -0.2) is 38.3 Å². The molecule has 1 aromatic carbocycles. The molecule has 23 heavy (non-hydrogen) atoms. The van der Waals surface area contributed by atoms with Crippen molar-refractivity contribution in [3.8, 4) is 0 Å². The standard InChI is InChI=1S/C14H15F3N2O3S/c15-14(16,17)11-3-1-2-4-12(11)23(21,22)19-7-9-5-13(20)18-6-10(9)8-19/h1-4,9-10H,5-8H2,(H,18,20)/t9-,10+/m1/s1. The number of alkyl halides is 3. The summed E-state index contributed by atoms with van der Waals surface area (Å²) in [6.07, 6.45) is -4.54. The number of rotatable bonds is 2. The molecule has 0 saturated carbocycles. The van der Waals surface area contributed by atoms with Crippen molar-refractivity contribution in [2.75, 3.05) is 19.6 Å². The number of nitrogens with zero attached hydrogens (tertiary/aromatic N) is 1. The second kappa shape index (κ2) is 5.48. The van der Waals surface area contributed by atoms with Crippen LogP contribution in [0.2, 0.25) is 0 Å². The summed E-state index contributed by atoms with van der Waals surface area (Å²) in [5.41, 5.74) is -1.16. The van der Waals surface area contributed by atoms with Gasteiger partial charge >= 0.3 is 6.18 Å². The highest BCUT2D eigenvalue weighted by Crippen LogP contribution is 2.38. The van der Waals surface area contributed by atoms with Gasteiger partial charge in [-0.3, -0.25) is 4.79 Å². The number of halogens is 3. The Morgan fingerprint density at radius 3 is 2.48 bits per heavy atom. The fourth-order valence-electron chi connectivity index (χ4n) is 3.17. The van der Waals surface area contributed by atoms with Crippen LogP contribution in [0, 0.1) is 11.8 Å². The van der Waals surface area contributed by atoms with Crippen molar-refractivity contribution in [2.45, 2.75) is 17.5 Å². The molecule has 0 radical (unpaired) electrons. The minimum atomic E-state index is -4.74. The molecule has 0 unspecified atom stereocenters. The lowest BCUT2D eigenvalue weighted by Gasteiger charge is -2.23. The predicted octanol–water partition coefficient (Wildman–Crippen LogP) is 1.46.